The standard InChI is InChI=1S/C7H13N3O4/c8-3-4(11)7(10,6(13)14)2-1-5(9)12/h1-3,8,10H2,(H2,9,12)(H,13,14)/t7-/m1/s1. The first kappa shape index (κ1) is 12.5. The fraction of sp³-hybridized carbons (Fsp3) is 0.571. The van der Waals surface area contributed by atoms with E-state index in [1.807, 2.05) is 0 Å². The minimum absolute atomic E-state index is 0.269. The van der Waals surface area contributed by atoms with E-state index < -0.39 is 29.7 Å². The number of hydrogen-bond donors (Lipinski definition) is 4. The van der Waals surface area contributed by atoms with Gasteiger partial charge in [0.05, 0.1) is 6.54 Å². The maximum absolute atomic E-state index is 11.1. The fourth-order valence-electron chi connectivity index (χ4n) is 0.868. The van der Waals surface area contributed by atoms with Gasteiger partial charge >= 0.3 is 5.97 Å². The van der Waals surface area contributed by atoms with Gasteiger partial charge < -0.3 is 22.3 Å². The molecule has 7 N–H and O–H groups in total. The van der Waals surface area contributed by atoms with Crippen molar-refractivity contribution in [3.8, 4) is 0 Å². The smallest absolute Gasteiger partial charge is 0.331 e. The second-order valence-electron chi connectivity index (χ2n) is 2.87. The third kappa shape index (κ3) is 2.79. The SMILES string of the molecule is NCC(=O)[C@](N)(CCC(N)=O)C(=O)O. The number of Topliss-reactive ketones (excluding diaryl/α,β-unsaturated/α-hetero) is 1. The molecule has 0 aromatic carbocycles. The molecule has 0 aliphatic carbocycles. The molecule has 1 amide bonds. The monoisotopic (exact) mass is 203 g/mol. The third-order valence-electron chi connectivity index (χ3n) is 1.83. The summed E-state index contributed by atoms with van der Waals surface area (Å²) in [5, 5.41) is 8.69. The van der Waals surface area contributed by atoms with Gasteiger partial charge in [-0.25, -0.2) is 4.79 Å². The molecule has 0 unspecified atom stereocenters. The Morgan fingerprint density at radius 2 is 1.79 bits per heavy atom. The minimum atomic E-state index is -2.11. The van der Waals surface area contributed by atoms with Crippen LogP contribution in [-0.2, 0) is 14.4 Å². The second kappa shape index (κ2) is 4.68. The van der Waals surface area contributed by atoms with Crippen LogP contribution < -0.4 is 17.2 Å². The van der Waals surface area contributed by atoms with Crippen molar-refractivity contribution in [2.24, 2.45) is 17.2 Å². The van der Waals surface area contributed by atoms with Gasteiger partial charge in [-0.3, -0.25) is 9.59 Å². The molecule has 0 saturated heterocycles. The first-order valence-corrected chi connectivity index (χ1v) is 3.88. The van der Waals surface area contributed by atoms with Gasteiger partial charge in [-0.15, -0.1) is 0 Å². The summed E-state index contributed by atoms with van der Waals surface area (Å²) in [5.74, 6) is -3.05. The van der Waals surface area contributed by atoms with Crippen LogP contribution in [-0.4, -0.2) is 34.8 Å². The molecule has 0 rings (SSSR count). The van der Waals surface area contributed by atoms with E-state index in [1.54, 1.807) is 0 Å². The lowest BCUT2D eigenvalue weighted by Gasteiger charge is -2.21. The summed E-state index contributed by atoms with van der Waals surface area (Å²) in [7, 11) is 0. The van der Waals surface area contributed by atoms with Gasteiger partial charge in [0, 0.05) is 6.42 Å². The van der Waals surface area contributed by atoms with Gasteiger partial charge in [0.1, 0.15) is 0 Å². The first-order chi connectivity index (χ1) is 6.34. The summed E-state index contributed by atoms with van der Waals surface area (Å²) >= 11 is 0. The Morgan fingerprint density at radius 1 is 1.29 bits per heavy atom. The van der Waals surface area contributed by atoms with E-state index in [0.717, 1.165) is 0 Å². The number of nitrogens with two attached hydrogens (primary N) is 3. The molecule has 0 aromatic rings. The summed E-state index contributed by atoms with van der Waals surface area (Å²) in [6.07, 6.45) is -0.609. The van der Waals surface area contributed by atoms with Crippen LogP contribution in [0.4, 0.5) is 0 Å². The van der Waals surface area contributed by atoms with Crippen molar-refractivity contribution >= 4 is 17.7 Å². The normalized spacial score (nSPS) is 14.4. The molecule has 0 bridgehead atoms. The van der Waals surface area contributed by atoms with Crippen LogP contribution in [0.25, 0.3) is 0 Å². The Balaban J connectivity index is 4.64. The molecular weight excluding hydrogens is 190 g/mol. The largest absolute Gasteiger partial charge is 0.480 e. The van der Waals surface area contributed by atoms with Crippen molar-refractivity contribution in [3.63, 3.8) is 0 Å². The highest BCUT2D eigenvalue weighted by molar-refractivity contribution is 6.08. The molecule has 0 heterocycles. The number of carbonyl (C=O) groups excluding carboxylic acids is 2. The predicted molar refractivity (Wildman–Crippen MR) is 47.0 cm³/mol. The molecule has 0 aromatic heterocycles. The highest BCUT2D eigenvalue weighted by Gasteiger charge is 2.40. The maximum Gasteiger partial charge on any atom is 0.331 e. The van der Waals surface area contributed by atoms with Gasteiger partial charge in [0.25, 0.3) is 0 Å². The van der Waals surface area contributed by atoms with Crippen molar-refractivity contribution in [3.05, 3.63) is 0 Å². The van der Waals surface area contributed by atoms with Gasteiger partial charge in [-0.1, -0.05) is 0 Å². The van der Waals surface area contributed by atoms with Gasteiger partial charge in [-0.2, -0.15) is 0 Å². The molecule has 0 spiro atoms. The molecule has 7 heteroatoms. The first-order valence-electron chi connectivity index (χ1n) is 3.88. The lowest BCUT2D eigenvalue weighted by molar-refractivity contribution is -0.148. The Kier molecular flexibility index (Phi) is 4.19. The van der Waals surface area contributed by atoms with Crippen molar-refractivity contribution < 1.29 is 19.5 Å². The Labute approximate surface area is 80.2 Å². The number of amides is 1. The summed E-state index contributed by atoms with van der Waals surface area (Å²) < 4.78 is 0. The summed E-state index contributed by atoms with van der Waals surface area (Å²) in [5.41, 5.74) is 13.0. The van der Waals surface area contributed by atoms with Crippen LogP contribution in [0.15, 0.2) is 0 Å². The fourth-order valence-corrected chi connectivity index (χ4v) is 0.868. The molecule has 1 atom stereocenters. The number of rotatable bonds is 6. The Hall–Kier alpha value is -1.47. The number of carbonyl (C=O) groups is 3. The summed E-state index contributed by atoms with van der Waals surface area (Å²) in [6.45, 7) is -0.485. The molecular formula is C7H13N3O4. The Bertz CT molecular complexity index is 266. The summed E-state index contributed by atoms with van der Waals surface area (Å²) in [4.78, 5) is 32.2. The molecule has 7 nitrogen and oxygen atoms in total. The molecule has 0 fully saturated rings. The van der Waals surface area contributed by atoms with Crippen molar-refractivity contribution in [1.82, 2.24) is 0 Å². The van der Waals surface area contributed by atoms with Crippen LogP contribution in [0, 0.1) is 0 Å². The average molecular weight is 203 g/mol. The Morgan fingerprint density at radius 3 is 2.07 bits per heavy atom. The third-order valence-corrected chi connectivity index (χ3v) is 1.83. The predicted octanol–water partition coefficient (Wildman–Crippen LogP) is -2.44. The highest BCUT2D eigenvalue weighted by atomic mass is 16.4. The van der Waals surface area contributed by atoms with Gasteiger partial charge in [0.15, 0.2) is 11.3 Å². The van der Waals surface area contributed by atoms with E-state index in [4.69, 9.17) is 22.3 Å². The average Bonchev–Trinajstić information content (AvgIpc) is 2.12. The van der Waals surface area contributed by atoms with Crippen LogP contribution in [0.5, 0.6) is 0 Å². The van der Waals surface area contributed by atoms with E-state index in [1.165, 1.54) is 0 Å². The van der Waals surface area contributed by atoms with Crippen LogP contribution in [0.2, 0.25) is 0 Å². The second-order valence-corrected chi connectivity index (χ2v) is 2.87. The van der Waals surface area contributed by atoms with Crippen LogP contribution in [0.1, 0.15) is 12.8 Å². The zero-order valence-electron chi connectivity index (χ0n) is 7.53. The van der Waals surface area contributed by atoms with Crippen LogP contribution in [0.3, 0.4) is 0 Å². The quantitative estimate of drug-likeness (QED) is 0.352. The van der Waals surface area contributed by atoms with Gasteiger partial charge in [0.2, 0.25) is 5.91 Å². The number of aliphatic carboxylic acids is 1. The lowest BCUT2D eigenvalue weighted by atomic mass is 9.89. The number of carboxylic acid groups (broad SMARTS) is 1. The minimum Gasteiger partial charge on any atom is -0.480 e. The van der Waals surface area contributed by atoms with E-state index in [-0.39, 0.29) is 12.8 Å². The number of carboxylic acids is 1. The van der Waals surface area contributed by atoms with Gasteiger partial charge in [-0.05, 0) is 6.42 Å². The zero-order chi connectivity index (χ0) is 11.4. The zero-order valence-corrected chi connectivity index (χ0v) is 7.53. The van der Waals surface area contributed by atoms with Crippen molar-refractivity contribution in [2.45, 2.75) is 18.4 Å². The van der Waals surface area contributed by atoms with Crippen LogP contribution >= 0.6 is 0 Å². The number of hydrogen-bond acceptors (Lipinski definition) is 5. The number of ketones is 1. The molecule has 0 aliphatic heterocycles. The summed E-state index contributed by atoms with van der Waals surface area (Å²) in [6, 6.07) is 0. The highest BCUT2D eigenvalue weighted by Crippen LogP contribution is 2.11. The maximum atomic E-state index is 11.1. The topological polar surface area (TPSA) is 149 Å². The van der Waals surface area contributed by atoms with E-state index in [9.17, 15) is 14.4 Å². The van der Waals surface area contributed by atoms with Crippen molar-refractivity contribution in [1.29, 1.82) is 0 Å². The van der Waals surface area contributed by atoms with Crippen molar-refractivity contribution in [2.75, 3.05) is 6.54 Å². The molecule has 0 saturated carbocycles. The van der Waals surface area contributed by atoms with E-state index >= 15 is 0 Å². The number of primary amides is 1. The molecule has 0 aliphatic rings. The molecule has 80 valence electrons. The lowest BCUT2D eigenvalue weighted by Crippen LogP contribution is -2.57. The molecule has 14 heavy (non-hydrogen) atoms. The van der Waals surface area contributed by atoms with E-state index in [0.29, 0.717) is 0 Å². The van der Waals surface area contributed by atoms with E-state index in [2.05, 4.69) is 0 Å². The molecule has 0 radical (unpaired) electrons.